The molecular weight excluding hydrogens is 342 g/mol. The highest BCUT2D eigenvalue weighted by atomic mass is 35.5. The van der Waals surface area contributed by atoms with Crippen molar-refractivity contribution >= 4 is 23.0 Å². The lowest BCUT2D eigenvalue weighted by Crippen LogP contribution is -2.42. The van der Waals surface area contributed by atoms with Gasteiger partial charge in [0.1, 0.15) is 0 Å². The molecule has 1 heterocycles. The maximum atomic E-state index is 6.14. The molecule has 0 bridgehead atoms. The van der Waals surface area contributed by atoms with Gasteiger partial charge in [-0.2, -0.15) is 0 Å². The number of piperidine rings is 1. The highest BCUT2D eigenvalue weighted by Crippen LogP contribution is 2.37. The van der Waals surface area contributed by atoms with Gasteiger partial charge >= 0.3 is 0 Å². The number of rotatable bonds is 4. The molecule has 1 fully saturated rings. The van der Waals surface area contributed by atoms with Gasteiger partial charge in [0.15, 0.2) is 0 Å². The van der Waals surface area contributed by atoms with Crippen LogP contribution in [0.25, 0.3) is 0 Å². The fourth-order valence-electron chi connectivity index (χ4n) is 4.33. The Bertz CT molecular complexity index is 768. The Morgan fingerprint density at radius 1 is 1.08 bits per heavy atom. The van der Waals surface area contributed by atoms with Gasteiger partial charge in [-0.3, -0.25) is 0 Å². The average Bonchev–Trinajstić information content (AvgIpc) is 3.04. The summed E-state index contributed by atoms with van der Waals surface area (Å²) in [5, 5.41) is 4.46. The van der Waals surface area contributed by atoms with Gasteiger partial charge in [0.05, 0.1) is 6.04 Å². The number of hydrogen-bond acceptors (Lipinski definition) is 3. The number of nitrogens with zero attached hydrogens (tertiary/aromatic N) is 2. The summed E-state index contributed by atoms with van der Waals surface area (Å²) in [7, 11) is 4.48. The number of anilines is 2. The second kappa shape index (κ2) is 7.50. The van der Waals surface area contributed by atoms with E-state index in [2.05, 4.69) is 53.5 Å². The Balaban J connectivity index is 1.52. The van der Waals surface area contributed by atoms with Gasteiger partial charge < -0.3 is 15.1 Å². The van der Waals surface area contributed by atoms with Gasteiger partial charge in [-0.1, -0.05) is 23.7 Å². The first kappa shape index (κ1) is 17.7. The van der Waals surface area contributed by atoms with Gasteiger partial charge in [0.2, 0.25) is 0 Å². The van der Waals surface area contributed by atoms with Crippen molar-refractivity contribution in [1.82, 2.24) is 4.90 Å². The van der Waals surface area contributed by atoms with Crippen LogP contribution in [0.3, 0.4) is 0 Å². The van der Waals surface area contributed by atoms with Crippen LogP contribution in [0, 0.1) is 0 Å². The molecule has 2 aliphatic rings. The van der Waals surface area contributed by atoms with E-state index in [4.69, 9.17) is 11.6 Å². The molecule has 1 unspecified atom stereocenters. The standard InChI is InChI=1S/C22H28ClN3/c1-25-12-10-19(11-13-25)26(2)20-8-6-16-7-9-22(21(16)15-20)24-18-5-3-4-17(23)14-18/h3-6,8,14-15,19,22,24H,7,9-13H2,1-2H3. The van der Waals surface area contributed by atoms with Gasteiger partial charge in [0, 0.05) is 29.5 Å². The summed E-state index contributed by atoms with van der Waals surface area (Å²) in [5.41, 5.74) is 5.37. The summed E-state index contributed by atoms with van der Waals surface area (Å²) >= 11 is 6.14. The topological polar surface area (TPSA) is 18.5 Å². The van der Waals surface area contributed by atoms with Crippen molar-refractivity contribution in [3.8, 4) is 0 Å². The molecule has 1 atom stereocenters. The van der Waals surface area contributed by atoms with E-state index >= 15 is 0 Å². The normalized spacial score (nSPS) is 20.8. The molecule has 2 aromatic carbocycles. The molecular formula is C22H28ClN3. The number of halogens is 1. The predicted octanol–water partition coefficient (Wildman–Crippen LogP) is 4.97. The van der Waals surface area contributed by atoms with E-state index in [9.17, 15) is 0 Å². The third-order valence-corrected chi connectivity index (χ3v) is 6.25. The number of benzene rings is 2. The zero-order chi connectivity index (χ0) is 18.1. The van der Waals surface area contributed by atoms with E-state index in [-0.39, 0.29) is 0 Å². The van der Waals surface area contributed by atoms with Crippen LogP contribution in [0.1, 0.15) is 36.4 Å². The molecule has 26 heavy (non-hydrogen) atoms. The Morgan fingerprint density at radius 3 is 2.65 bits per heavy atom. The molecule has 3 nitrogen and oxygen atoms in total. The first-order chi connectivity index (χ1) is 12.6. The lowest BCUT2D eigenvalue weighted by Gasteiger charge is -2.36. The molecule has 1 saturated heterocycles. The fourth-order valence-corrected chi connectivity index (χ4v) is 4.52. The molecule has 2 aromatic rings. The molecule has 4 rings (SSSR count). The molecule has 4 heteroatoms. The van der Waals surface area contributed by atoms with Crippen LogP contribution >= 0.6 is 11.6 Å². The number of likely N-dealkylation sites (tertiary alicyclic amines) is 1. The lowest BCUT2D eigenvalue weighted by atomic mass is 10.0. The van der Waals surface area contributed by atoms with Crippen LogP contribution in [0.4, 0.5) is 11.4 Å². The third-order valence-electron chi connectivity index (χ3n) is 6.02. The van der Waals surface area contributed by atoms with E-state index in [1.54, 1.807) is 0 Å². The lowest BCUT2D eigenvalue weighted by molar-refractivity contribution is 0.253. The minimum Gasteiger partial charge on any atom is -0.378 e. The maximum absolute atomic E-state index is 6.14. The van der Waals surface area contributed by atoms with Crippen molar-refractivity contribution in [3.05, 3.63) is 58.6 Å². The quantitative estimate of drug-likeness (QED) is 0.820. The van der Waals surface area contributed by atoms with Crippen LogP contribution < -0.4 is 10.2 Å². The number of hydrogen-bond donors (Lipinski definition) is 1. The van der Waals surface area contributed by atoms with E-state index in [0.29, 0.717) is 12.1 Å². The van der Waals surface area contributed by atoms with E-state index in [0.717, 1.165) is 23.6 Å². The Labute approximate surface area is 161 Å². The molecule has 1 aliphatic heterocycles. The van der Waals surface area contributed by atoms with Crippen molar-refractivity contribution in [2.75, 3.05) is 37.4 Å². The molecule has 0 radical (unpaired) electrons. The minimum absolute atomic E-state index is 0.370. The minimum atomic E-state index is 0.370. The Morgan fingerprint density at radius 2 is 1.88 bits per heavy atom. The largest absolute Gasteiger partial charge is 0.378 e. The van der Waals surface area contributed by atoms with Crippen molar-refractivity contribution in [2.45, 2.75) is 37.8 Å². The zero-order valence-electron chi connectivity index (χ0n) is 15.7. The summed E-state index contributed by atoms with van der Waals surface area (Å²) < 4.78 is 0. The van der Waals surface area contributed by atoms with Gasteiger partial charge in [-0.25, -0.2) is 0 Å². The van der Waals surface area contributed by atoms with Crippen LogP contribution in [-0.4, -0.2) is 38.1 Å². The second-order valence-corrected chi connectivity index (χ2v) is 8.21. The van der Waals surface area contributed by atoms with E-state index in [1.165, 1.54) is 42.7 Å². The zero-order valence-corrected chi connectivity index (χ0v) is 16.5. The van der Waals surface area contributed by atoms with E-state index < -0.39 is 0 Å². The SMILES string of the molecule is CN1CCC(N(C)c2ccc3c(c2)C(Nc2cccc(Cl)c2)CC3)CC1. The van der Waals surface area contributed by atoms with Crippen molar-refractivity contribution < 1.29 is 0 Å². The predicted molar refractivity (Wildman–Crippen MR) is 112 cm³/mol. The molecule has 138 valence electrons. The number of aryl methyl sites for hydroxylation is 1. The average molecular weight is 370 g/mol. The fraction of sp³-hybridized carbons (Fsp3) is 0.455. The summed E-state index contributed by atoms with van der Waals surface area (Å²) in [4.78, 5) is 4.92. The summed E-state index contributed by atoms with van der Waals surface area (Å²) in [5.74, 6) is 0. The molecule has 0 aromatic heterocycles. The van der Waals surface area contributed by atoms with Crippen molar-refractivity contribution in [2.24, 2.45) is 0 Å². The molecule has 1 N–H and O–H groups in total. The highest BCUT2D eigenvalue weighted by Gasteiger charge is 2.25. The van der Waals surface area contributed by atoms with Gasteiger partial charge in [0.25, 0.3) is 0 Å². The molecule has 0 amide bonds. The Kier molecular flexibility index (Phi) is 5.10. The monoisotopic (exact) mass is 369 g/mol. The number of fused-ring (bicyclic) bond motifs is 1. The maximum Gasteiger partial charge on any atom is 0.0520 e. The summed E-state index contributed by atoms with van der Waals surface area (Å²) in [6, 6.07) is 16.1. The van der Waals surface area contributed by atoms with Crippen LogP contribution in [0.5, 0.6) is 0 Å². The van der Waals surface area contributed by atoms with Crippen LogP contribution in [0.15, 0.2) is 42.5 Å². The molecule has 1 aliphatic carbocycles. The van der Waals surface area contributed by atoms with Crippen LogP contribution in [0.2, 0.25) is 5.02 Å². The van der Waals surface area contributed by atoms with E-state index in [1.807, 2.05) is 18.2 Å². The second-order valence-electron chi connectivity index (χ2n) is 7.77. The van der Waals surface area contributed by atoms with Crippen LogP contribution in [-0.2, 0) is 6.42 Å². The molecule has 0 spiro atoms. The highest BCUT2D eigenvalue weighted by molar-refractivity contribution is 6.30. The smallest absolute Gasteiger partial charge is 0.0520 e. The first-order valence-electron chi connectivity index (χ1n) is 9.66. The molecule has 0 saturated carbocycles. The summed E-state index contributed by atoms with van der Waals surface area (Å²) in [6.07, 6.45) is 4.78. The van der Waals surface area contributed by atoms with Gasteiger partial charge in [-0.05, 0) is 87.3 Å². The Hall–Kier alpha value is -1.71. The third kappa shape index (κ3) is 3.70. The summed E-state index contributed by atoms with van der Waals surface area (Å²) in [6.45, 7) is 2.39. The van der Waals surface area contributed by atoms with Crippen molar-refractivity contribution in [3.63, 3.8) is 0 Å². The number of nitrogens with one attached hydrogen (secondary N) is 1. The van der Waals surface area contributed by atoms with Gasteiger partial charge in [-0.15, -0.1) is 0 Å². The first-order valence-corrected chi connectivity index (χ1v) is 10.0. The van der Waals surface area contributed by atoms with Crippen molar-refractivity contribution in [1.29, 1.82) is 0 Å².